The molecule has 0 unspecified atom stereocenters. The molecule has 2 aromatic heterocycles. The number of carbonyl (C=O) groups excluding carboxylic acids is 1. The Morgan fingerprint density at radius 3 is 2.67 bits per heavy atom. The Morgan fingerprint density at radius 2 is 2.06 bits per heavy atom. The summed E-state index contributed by atoms with van der Waals surface area (Å²) in [5, 5.41) is 4.12. The van der Waals surface area contributed by atoms with E-state index in [1.807, 2.05) is 13.8 Å². The van der Waals surface area contributed by atoms with E-state index in [-0.39, 0.29) is 18.1 Å². The first-order chi connectivity index (χ1) is 8.67. The number of rotatable bonds is 4. The molecule has 0 aliphatic carbocycles. The van der Waals surface area contributed by atoms with E-state index in [9.17, 15) is 9.59 Å². The molecule has 0 radical (unpaired) electrons. The van der Waals surface area contributed by atoms with Gasteiger partial charge in [0, 0.05) is 19.3 Å². The van der Waals surface area contributed by atoms with Crippen molar-refractivity contribution in [3.63, 3.8) is 0 Å². The Kier molecular flexibility index (Phi) is 3.45. The first-order valence-corrected chi connectivity index (χ1v) is 5.99. The fourth-order valence-electron chi connectivity index (χ4n) is 1.88. The van der Waals surface area contributed by atoms with Crippen molar-refractivity contribution in [2.24, 2.45) is 0 Å². The molecule has 0 aliphatic rings. The van der Waals surface area contributed by atoms with Crippen molar-refractivity contribution in [1.29, 1.82) is 0 Å². The molecule has 2 heterocycles. The van der Waals surface area contributed by atoms with Crippen molar-refractivity contribution in [2.75, 3.05) is 13.1 Å². The zero-order chi connectivity index (χ0) is 13.1. The fourth-order valence-corrected chi connectivity index (χ4v) is 1.88. The molecule has 2 aromatic rings. The minimum absolute atomic E-state index is 0.0117. The van der Waals surface area contributed by atoms with Crippen molar-refractivity contribution in [3.05, 3.63) is 34.9 Å². The number of likely N-dealkylation sites (N-methyl/N-ethyl adjacent to an activating group) is 1. The standard InChI is InChI=1S/C12H16N4O2/c1-3-14(4-2)11(17)9-16-12(18)15-8-6-5-7-10(15)13-16/h5-8H,3-4,9H2,1-2H3. The Labute approximate surface area is 104 Å². The number of carbonyl (C=O) groups is 1. The molecule has 1 amide bonds. The van der Waals surface area contributed by atoms with Gasteiger partial charge in [-0.1, -0.05) is 6.07 Å². The molecule has 0 fully saturated rings. The van der Waals surface area contributed by atoms with Crippen LogP contribution < -0.4 is 5.69 Å². The molecule has 18 heavy (non-hydrogen) atoms. The molecular weight excluding hydrogens is 232 g/mol. The lowest BCUT2D eigenvalue weighted by molar-refractivity contribution is -0.131. The maximum atomic E-state index is 12.0. The third-order valence-electron chi connectivity index (χ3n) is 2.89. The lowest BCUT2D eigenvalue weighted by Gasteiger charge is -2.17. The largest absolute Gasteiger partial charge is 0.350 e. The van der Waals surface area contributed by atoms with Gasteiger partial charge in [0.15, 0.2) is 5.65 Å². The van der Waals surface area contributed by atoms with Crippen LogP contribution in [0.2, 0.25) is 0 Å². The highest BCUT2D eigenvalue weighted by molar-refractivity contribution is 5.75. The van der Waals surface area contributed by atoms with Gasteiger partial charge < -0.3 is 4.90 Å². The Morgan fingerprint density at radius 1 is 1.33 bits per heavy atom. The number of hydrogen-bond donors (Lipinski definition) is 0. The topological polar surface area (TPSA) is 59.6 Å². The first kappa shape index (κ1) is 12.3. The lowest BCUT2D eigenvalue weighted by Crippen LogP contribution is -2.36. The Bertz CT molecular complexity index is 610. The van der Waals surface area contributed by atoms with E-state index in [1.165, 1.54) is 9.08 Å². The molecule has 0 aliphatic heterocycles. The lowest BCUT2D eigenvalue weighted by atomic mass is 10.4. The van der Waals surface area contributed by atoms with Crippen LogP contribution in [0.15, 0.2) is 29.2 Å². The van der Waals surface area contributed by atoms with E-state index in [4.69, 9.17) is 0 Å². The van der Waals surface area contributed by atoms with E-state index in [0.29, 0.717) is 18.7 Å². The van der Waals surface area contributed by atoms with Gasteiger partial charge in [-0.2, -0.15) is 0 Å². The van der Waals surface area contributed by atoms with Crippen LogP contribution >= 0.6 is 0 Å². The molecule has 96 valence electrons. The predicted molar refractivity (Wildman–Crippen MR) is 67.4 cm³/mol. The smallest absolute Gasteiger partial charge is 0.342 e. The van der Waals surface area contributed by atoms with Crippen LogP contribution in [0.25, 0.3) is 5.65 Å². The van der Waals surface area contributed by atoms with E-state index in [2.05, 4.69) is 5.10 Å². The summed E-state index contributed by atoms with van der Waals surface area (Å²) in [6.45, 7) is 5.08. The molecule has 2 rings (SSSR count). The second kappa shape index (κ2) is 5.03. The minimum atomic E-state index is -0.286. The maximum Gasteiger partial charge on any atom is 0.350 e. The zero-order valence-corrected chi connectivity index (χ0v) is 10.5. The van der Waals surface area contributed by atoms with Crippen LogP contribution in [0.3, 0.4) is 0 Å². The summed E-state index contributed by atoms with van der Waals surface area (Å²) in [4.78, 5) is 25.6. The molecule has 0 spiro atoms. The summed E-state index contributed by atoms with van der Waals surface area (Å²) in [5.41, 5.74) is 0.265. The van der Waals surface area contributed by atoms with Gasteiger partial charge in [-0.05, 0) is 26.0 Å². The van der Waals surface area contributed by atoms with E-state index in [1.54, 1.807) is 29.3 Å². The third-order valence-corrected chi connectivity index (χ3v) is 2.89. The molecule has 0 N–H and O–H groups in total. The van der Waals surface area contributed by atoms with Gasteiger partial charge in [0.2, 0.25) is 5.91 Å². The molecule has 0 bridgehead atoms. The molecule has 6 nitrogen and oxygen atoms in total. The summed E-state index contributed by atoms with van der Waals surface area (Å²) in [7, 11) is 0. The van der Waals surface area contributed by atoms with Crippen molar-refractivity contribution in [1.82, 2.24) is 19.1 Å². The van der Waals surface area contributed by atoms with Gasteiger partial charge in [-0.15, -0.1) is 5.10 Å². The normalized spacial score (nSPS) is 10.8. The second-order valence-electron chi connectivity index (χ2n) is 3.94. The highest BCUT2D eigenvalue weighted by atomic mass is 16.2. The summed E-state index contributed by atoms with van der Waals surface area (Å²) in [6.07, 6.45) is 1.64. The minimum Gasteiger partial charge on any atom is -0.342 e. The van der Waals surface area contributed by atoms with Crippen LogP contribution in [0.5, 0.6) is 0 Å². The van der Waals surface area contributed by atoms with Crippen molar-refractivity contribution in [2.45, 2.75) is 20.4 Å². The quantitative estimate of drug-likeness (QED) is 0.785. The SMILES string of the molecule is CCN(CC)C(=O)Cn1nc2ccccn2c1=O. The molecule has 0 atom stereocenters. The summed E-state index contributed by atoms with van der Waals surface area (Å²) < 4.78 is 2.63. The molecular formula is C12H16N4O2. The average Bonchev–Trinajstić information content (AvgIpc) is 2.68. The van der Waals surface area contributed by atoms with Gasteiger partial charge in [-0.25, -0.2) is 9.48 Å². The Hall–Kier alpha value is -2.11. The fraction of sp³-hybridized carbons (Fsp3) is 0.417. The summed E-state index contributed by atoms with van der Waals surface area (Å²) in [5.74, 6) is -0.0921. The molecule has 0 saturated heterocycles. The zero-order valence-electron chi connectivity index (χ0n) is 10.5. The monoisotopic (exact) mass is 248 g/mol. The highest BCUT2D eigenvalue weighted by Crippen LogP contribution is 1.96. The van der Waals surface area contributed by atoms with Crippen LogP contribution in [0, 0.1) is 0 Å². The number of fused-ring (bicyclic) bond motifs is 1. The van der Waals surface area contributed by atoms with Gasteiger partial charge in [0.25, 0.3) is 0 Å². The summed E-state index contributed by atoms with van der Waals surface area (Å²) in [6, 6.07) is 5.30. The van der Waals surface area contributed by atoms with Crippen molar-refractivity contribution < 1.29 is 4.79 Å². The van der Waals surface area contributed by atoms with Crippen LogP contribution in [-0.4, -0.2) is 38.1 Å². The number of amides is 1. The van der Waals surface area contributed by atoms with E-state index in [0.717, 1.165) is 0 Å². The molecule has 6 heteroatoms. The Balaban J connectivity index is 2.30. The average molecular weight is 248 g/mol. The molecule has 0 aromatic carbocycles. The van der Waals surface area contributed by atoms with Crippen LogP contribution in [0.4, 0.5) is 0 Å². The van der Waals surface area contributed by atoms with Crippen LogP contribution in [0.1, 0.15) is 13.8 Å². The number of pyridine rings is 1. The summed E-state index contributed by atoms with van der Waals surface area (Å²) >= 11 is 0. The van der Waals surface area contributed by atoms with E-state index >= 15 is 0 Å². The van der Waals surface area contributed by atoms with Gasteiger partial charge in [-0.3, -0.25) is 9.20 Å². The van der Waals surface area contributed by atoms with Crippen molar-refractivity contribution >= 4 is 11.6 Å². The van der Waals surface area contributed by atoms with Crippen LogP contribution in [-0.2, 0) is 11.3 Å². The predicted octanol–water partition coefficient (Wildman–Crippen LogP) is 0.364. The highest BCUT2D eigenvalue weighted by Gasteiger charge is 2.14. The van der Waals surface area contributed by atoms with Crippen molar-refractivity contribution in [3.8, 4) is 0 Å². The van der Waals surface area contributed by atoms with E-state index < -0.39 is 0 Å². The number of aromatic nitrogens is 3. The number of hydrogen-bond acceptors (Lipinski definition) is 3. The maximum absolute atomic E-state index is 12.0. The van der Waals surface area contributed by atoms with Gasteiger partial charge in [0.1, 0.15) is 6.54 Å². The second-order valence-corrected chi connectivity index (χ2v) is 3.94. The first-order valence-electron chi connectivity index (χ1n) is 5.99. The third kappa shape index (κ3) is 2.13. The van der Waals surface area contributed by atoms with Gasteiger partial charge >= 0.3 is 5.69 Å². The van der Waals surface area contributed by atoms with Gasteiger partial charge in [0.05, 0.1) is 0 Å². The molecule has 0 saturated carbocycles. The number of nitrogens with zero attached hydrogens (tertiary/aromatic N) is 4.